The number of nitrogens with zero attached hydrogens (tertiary/aromatic N) is 1. The molecule has 2 unspecified atom stereocenters. The minimum Gasteiger partial charge on any atom is -0.323 e. The lowest BCUT2D eigenvalue weighted by Gasteiger charge is -2.32. The molecule has 0 aromatic carbocycles. The van der Waals surface area contributed by atoms with Crippen molar-refractivity contribution in [3.63, 3.8) is 0 Å². The van der Waals surface area contributed by atoms with Crippen LogP contribution in [0.2, 0.25) is 0 Å². The van der Waals surface area contributed by atoms with Crippen molar-refractivity contribution >= 4 is 17.0 Å². The number of carbonyl (C=O) groups excluding carboxylic acids is 1. The Kier molecular flexibility index (Phi) is 1.80. The molecule has 3 heteroatoms. The van der Waals surface area contributed by atoms with Gasteiger partial charge in [-0.2, -0.15) is 0 Å². The van der Waals surface area contributed by atoms with Crippen LogP contribution in [-0.4, -0.2) is 22.3 Å². The Morgan fingerprint density at radius 2 is 1.73 bits per heavy atom. The van der Waals surface area contributed by atoms with Crippen molar-refractivity contribution in [1.29, 1.82) is 0 Å². The summed E-state index contributed by atoms with van der Waals surface area (Å²) in [7, 11) is 0. The monoisotopic (exact) mass is 173 g/mol. The maximum atomic E-state index is 11.0. The van der Waals surface area contributed by atoms with Gasteiger partial charge in [0.2, 0.25) is 0 Å². The Morgan fingerprint density at radius 1 is 1.18 bits per heavy atom. The Hall–Kier alpha value is -0.240. The van der Waals surface area contributed by atoms with Gasteiger partial charge in [0, 0.05) is 12.1 Å². The van der Waals surface area contributed by atoms with Gasteiger partial charge in [-0.05, 0) is 43.7 Å². The molecule has 2 rings (SSSR count). The summed E-state index contributed by atoms with van der Waals surface area (Å²) in [4.78, 5) is 12.8. The van der Waals surface area contributed by atoms with E-state index in [9.17, 15) is 4.79 Å². The summed E-state index contributed by atoms with van der Waals surface area (Å²) < 4.78 is 0. The highest BCUT2D eigenvalue weighted by Crippen LogP contribution is 2.36. The summed E-state index contributed by atoms with van der Waals surface area (Å²) in [5.41, 5.74) is 0. The summed E-state index contributed by atoms with van der Waals surface area (Å²) in [6.07, 6.45) is 5.94. The highest BCUT2D eigenvalue weighted by molar-refractivity contribution is 6.62. The number of hydrogen-bond acceptors (Lipinski definition) is 1. The van der Waals surface area contributed by atoms with Gasteiger partial charge in [-0.15, -0.1) is 0 Å². The summed E-state index contributed by atoms with van der Waals surface area (Å²) in [5, 5.41) is -0.239. The first-order valence-corrected chi connectivity index (χ1v) is 4.64. The summed E-state index contributed by atoms with van der Waals surface area (Å²) in [5.74, 6) is 0. The first-order valence-electron chi connectivity index (χ1n) is 4.27. The molecule has 2 atom stereocenters. The predicted molar refractivity (Wildman–Crippen MR) is 43.7 cm³/mol. The van der Waals surface area contributed by atoms with Crippen molar-refractivity contribution in [1.82, 2.24) is 4.90 Å². The molecule has 0 spiro atoms. The molecule has 2 heterocycles. The molecule has 0 saturated carbocycles. The molecule has 2 aliphatic heterocycles. The number of halogens is 1. The largest absolute Gasteiger partial charge is 0.323 e. The van der Waals surface area contributed by atoms with Crippen molar-refractivity contribution in [2.75, 3.05) is 0 Å². The molecule has 2 fully saturated rings. The number of rotatable bonds is 0. The van der Waals surface area contributed by atoms with Gasteiger partial charge in [-0.3, -0.25) is 4.79 Å². The third-order valence-electron chi connectivity index (χ3n) is 2.90. The van der Waals surface area contributed by atoms with Gasteiger partial charge in [-0.25, -0.2) is 0 Å². The average Bonchev–Trinajstić information content (AvgIpc) is 2.23. The van der Waals surface area contributed by atoms with E-state index in [4.69, 9.17) is 11.6 Å². The Bertz CT molecular complexity index is 167. The SMILES string of the molecule is O=C(Cl)N1C2CCCC1CC2. The second kappa shape index (κ2) is 2.67. The van der Waals surface area contributed by atoms with Crippen LogP contribution in [0, 0.1) is 0 Å². The van der Waals surface area contributed by atoms with Gasteiger partial charge >= 0.3 is 5.37 Å². The van der Waals surface area contributed by atoms with Crippen LogP contribution in [0.15, 0.2) is 0 Å². The van der Waals surface area contributed by atoms with Crippen LogP contribution in [0.25, 0.3) is 0 Å². The van der Waals surface area contributed by atoms with Crippen molar-refractivity contribution in [2.45, 2.75) is 44.2 Å². The van der Waals surface area contributed by atoms with Gasteiger partial charge in [-0.1, -0.05) is 0 Å². The van der Waals surface area contributed by atoms with Gasteiger partial charge in [0.1, 0.15) is 0 Å². The number of hydrogen-bond donors (Lipinski definition) is 0. The number of piperidine rings is 1. The van der Waals surface area contributed by atoms with Crippen LogP contribution >= 0.6 is 11.6 Å². The third-order valence-corrected chi connectivity index (χ3v) is 3.09. The standard InChI is InChI=1S/C8H12ClNO/c9-8(11)10-6-2-1-3-7(10)5-4-6/h6-7H,1-5H2. The number of fused-ring (bicyclic) bond motifs is 2. The lowest BCUT2D eigenvalue weighted by molar-refractivity contribution is 0.168. The maximum Gasteiger partial charge on any atom is 0.316 e. The quantitative estimate of drug-likeness (QED) is 0.407. The van der Waals surface area contributed by atoms with Crippen molar-refractivity contribution in [2.24, 2.45) is 0 Å². The van der Waals surface area contributed by atoms with Crippen LogP contribution in [0.1, 0.15) is 32.1 Å². The van der Waals surface area contributed by atoms with E-state index in [0.717, 1.165) is 12.8 Å². The molecular weight excluding hydrogens is 162 g/mol. The fourth-order valence-electron chi connectivity index (χ4n) is 2.40. The van der Waals surface area contributed by atoms with E-state index in [-0.39, 0.29) is 5.37 Å². The van der Waals surface area contributed by atoms with Gasteiger partial charge in [0.05, 0.1) is 0 Å². The zero-order valence-electron chi connectivity index (χ0n) is 6.42. The number of carbonyl (C=O) groups is 1. The smallest absolute Gasteiger partial charge is 0.316 e. The lowest BCUT2D eigenvalue weighted by atomic mass is 10.0. The third kappa shape index (κ3) is 1.13. The summed E-state index contributed by atoms with van der Waals surface area (Å²) >= 11 is 5.47. The van der Waals surface area contributed by atoms with E-state index in [1.54, 1.807) is 0 Å². The first kappa shape index (κ1) is 7.41. The molecule has 2 nitrogen and oxygen atoms in total. The van der Waals surface area contributed by atoms with Crippen molar-refractivity contribution < 1.29 is 4.79 Å². The maximum absolute atomic E-state index is 11.0. The topological polar surface area (TPSA) is 20.3 Å². The van der Waals surface area contributed by atoms with E-state index in [1.807, 2.05) is 4.90 Å². The fourth-order valence-corrected chi connectivity index (χ4v) is 2.68. The fraction of sp³-hybridized carbons (Fsp3) is 0.875. The predicted octanol–water partition coefficient (Wildman–Crippen LogP) is 2.36. The zero-order chi connectivity index (χ0) is 7.84. The molecule has 2 aliphatic rings. The number of amides is 1. The average molecular weight is 174 g/mol. The molecule has 0 radical (unpaired) electrons. The lowest BCUT2D eigenvalue weighted by Crippen LogP contribution is -2.41. The summed E-state index contributed by atoms with van der Waals surface area (Å²) in [6, 6.07) is 0.942. The molecule has 1 amide bonds. The van der Waals surface area contributed by atoms with Gasteiger partial charge < -0.3 is 4.90 Å². The molecule has 0 aromatic rings. The van der Waals surface area contributed by atoms with Gasteiger partial charge in [0.15, 0.2) is 0 Å². The van der Waals surface area contributed by atoms with Crippen molar-refractivity contribution in [3.05, 3.63) is 0 Å². The molecule has 2 bridgehead atoms. The van der Waals surface area contributed by atoms with E-state index in [1.165, 1.54) is 19.3 Å². The van der Waals surface area contributed by atoms with Gasteiger partial charge in [0.25, 0.3) is 0 Å². The molecule has 2 saturated heterocycles. The van der Waals surface area contributed by atoms with Crippen molar-refractivity contribution in [3.8, 4) is 0 Å². The molecule has 11 heavy (non-hydrogen) atoms. The minimum absolute atomic E-state index is 0.239. The molecule has 0 N–H and O–H groups in total. The molecule has 62 valence electrons. The van der Waals surface area contributed by atoms with E-state index >= 15 is 0 Å². The Labute approximate surface area is 71.5 Å². The Balaban J connectivity index is 2.15. The zero-order valence-corrected chi connectivity index (χ0v) is 7.18. The van der Waals surface area contributed by atoms with E-state index in [0.29, 0.717) is 12.1 Å². The van der Waals surface area contributed by atoms with Crippen LogP contribution < -0.4 is 0 Å². The van der Waals surface area contributed by atoms with Crippen LogP contribution in [0.5, 0.6) is 0 Å². The van der Waals surface area contributed by atoms with E-state index in [2.05, 4.69) is 0 Å². The van der Waals surface area contributed by atoms with Crippen LogP contribution in [0.4, 0.5) is 4.79 Å². The Morgan fingerprint density at radius 3 is 2.09 bits per heavy atom. The van der Waals surface area contributed by atoms with Crippen LogP contribution in [-0.2, 0) is 0 Å². The summed E-state index contributed by atoms with van der Waals surface area (Å²) in [6.45, 7) is 0. The molecule has 0 aromatic heterocycles. The highest BCUT2D eigenvalue weighted by atomic mass is 35.5. The molecular formula is C8H12ClNO. The van der Waals surface area contributed by atoms with E-state index < -0.39 is 0 Å². The second-order valence-corrected chi connectivity index (χ2v) is 3.80. The molecule has 0 aliphatic carbocycles. The first-order chi connectivity index (χ1) is 5.29. The highest BCUT2D eigenvalue weighted by Gasteiger charge is 2.38. The van der Waals surface area contributed by atoms with Crippen LogP contribution in [0.3, 0.4) is 0 Å². The minimum atomic E-state index is -0.239. The normalized spacial score (nSPS) is 35.9. The second-order valence-electron chi connectivity index (χ2n) is 3.48.